The molecule has 0 spiro atoms. The van der Waals surface area contributed by atoms with Crippen LogP contribution in [0.25, 0.3) is 0 Å². The van der Waals surface area contributed by atoms with Crippen LogP contribution in [0.1, 0.15) is 29.7 Å². The minimum absolute atomic E-state index is 0.107. The maximum Gasteiger partial charge on any atom is 0.251 e. The molecule has 0 radical (unpaired) electrons. The molecule has 13 heavy (non-hydrogen) atoms. The van der Waals surface area contributed by atoms with Gasteiger partial charge in [0.25, 0.3) is 5.56 Å². The predicted octanol–water partition coefficient (Wildman–Crippen LogP) is 2.32. The minimum Gasteiger partial charge on any atom is -0.325 e. The normalized spacial score (nSPS) is 15.5. The third-order valence-corrected chi connectivity index (χ3v) is 3.71. The number of nitrogens with one attached hydrogen (secondary N) is 1. The molecule has 1 N–H and O–H groups in total. The third kappa shape index (κ3) is 1.46. The van der Waals surface area contributed by atoms with E-state index in [0.29, 0.717) is 0 Å². The fraction of sp³-hybridized carbons (Fsp3) is 0.500. The van der Waals surface area contributed by atoms with Gasteiger partial charge in [-0.05, 0) is 54.1 Å². The minimum atomic E-state index is 0.107. The summed E-state index contributed by atoms with van der Waals surface area (Å²) in [5.41, 5.74) is 3.28. The van der Waals surface area contributed by atoms with E-state index >= 15 is 0 Å². The fourth-order valence-electron chi connectivity index (χ4n) is 1.93. The number of H-pyrrole nitrogens is 1. The molecule has 0 amide bonds. The smallest absolute Gasteiger partial charge is 0.251 e. The average Bonchev–Trinajstić information content (AvgIpc) is 2.15. The SMILES string of the molecule is Cc1[nH]c(=O)c2c(c1Br)CCCC2. The maximum absolute atomic E-state index is 11.6. The van der Waals surface area contributed by atoms with Crippen molar-refractivity contribution >= 4 is 15.9 Å². The lowest BCUT2D eigenvalue weighted by molar-refractivity contribution is 0.672. The standard InChI is InChI=1S/C10H12BrNO/c1-6-9(11)7-4-2-3-5-8(7)10(13)12-6/h2-5H2,1H3,(H,12,13). The van der Waals surface area contributed by atoms with E-state index in [4.69, 9.17) is 0 Å². The summed E-state index contributed by atoms with van der Waals surface area (Å²) in [6, 6.07) is 0. The second-order valence-corrected chi connectivity index (χ2v) is 4.35. The van der Waals surface area contributed by atoms with Gasteiger partial charge in [0.1, 0.15) is 0 Å². The zero-order chi connectivity index (χ0) is 9.42. The molecular weight excluding hydrogens is 230 g/mol. The molecule has 0 saturated carbocycles. The first-order valence-corrected chi connectivity index (χ1v) is 5.39. The van der Waals surface area contributed by atoms with E-state index in [1.165, 1.54) is 12.0 Å². The first-order valence-electron chi connectivity index (χ1n) is 4.60. The van der Waals surface area contributed by atoms with E-state index in [-0.39, 0.29) is 5.56 Å². The molecule has 0 aliphatic heterocycles. The van der Waals surface area contributed by atoms with Crippen molar-refractivity contribution in [3.05, 3.63) is 31.6 Å². The van der Waals surface area contributed by atoms with Gasteiger partial charge >= 0.3 is 0 Å². The van der Waals surface area contributed by atoms with Crippen molar-refractivity contribution < 1.29 is 0 Å². The Bertz CT molecular complexity index is 395. The van der Waals surface area contributed by atoms with Gasteiger partial charge in [-0.3, -0.25) is 4.79 Å². The highest BCUT2D eigenvalue weighted by atomic mass is 79.9. The van der Waals surface area contributed by atoms with Crippen molar-refractivity contribution in [2.75, 3.05) is 0 Å². The number of aromatic amines is 1. The van der Waals surface area contributed by atoms with Crippen molar-refractivity contribution in [3.63, 3.8) is 0 Å². The number of halogens is 1. The number of fused-ring (bicyclic) bond motifs is 1. The Hall–Kier alpha value is -0.570. The molecule has 0 bridgehead atoms. The first kappa shape index (κ1) is 9.00. The van der Waals surface area contributed by atoms with Gasteiger partial charge in [0.2, 0.25) is 0 Å². The van der Waals surface area contributed by atoms with Crippen molar-refractivity contribution in [3.8, 4) is 0 Å². The fourth-order valence-corrected chi connectivity index (χ4v) is 2.46. The van der Waals surface area contributed by atoms with Crippen molar-refractivity contribution in [1.82, 2.24) is 4.98 Å². The highest BCUT2D eigenvalue weighted by Crippen LogP contribution is 2.26. The molecule has 2 rings (SSSR count). The van der Waals surface area contributed by atoms with E-state index in [1.54, 1.807) is 0 Å². The Kier molecular flexibility index (Phi) is 2.28. The van der Waals surface area contributed by atoms with Gasteiger partial charge in [-0.2, -0.15) is 0 Å². The van der Waals surface area contributed by atoms with E-state index in [1.807, 2.05) is 6.92 Å². The number of aryl methyl sites for hydroxylation is 1. The van der Waals surface area contributed by atoms with Crippen LogP contribution in [0.2, 0.25) is 0 Å². The number of hydrogen-bond donors (Lipinski definition) is 1. The Labute approximate surface area is 85.5 Å². The van der Waals surface area contributed by atoms with Crippen LogP contribution in [0.15, 0.2) is 9.27 Å². The Morgan fingerprint density at radius 2 is 1.85 bits per heavy atom. The second-order valence-electron chi connectivity index (χ2n) is 3.56. The van der Waals surface area contributed by atoms with Gasteiger partial charge in [-0.25, -0.2) is 0 Å². The Morgan fingerprint density at radius 3 is 2.54 bits per heavy atom. The van der Waals surface area contributed by atoms with Gasteiger partial charge in [0.15, 0.2) is 0 Å². The van der Waals surface area contributed by atoms with Crippen molar-refractivity contribution in [2.24, 2.45) is 0 Å². The van der Waals surface area contributed by atoms with Crippen LogP contribution in [-0.4, -0.2) is 4.98 Å². The average molecular weight is 242 g/mol. The van der Waals surface area contributed by atoms with E-state index in [2.05, 4.69) is 20.9 Å². The molecule has 1 heterocycles. The van der Waals surface area contributed by atoms with Crippen LogP contribution in [0, 0.1) is 6.92 Å². The van der Waals surface area contributed by atoms with E-state index in [9.17, 15) is 4.79 Å². The molecule has 1 aromatic heterocycles. The number of hydrogen-bond acceptors (Lipinski definition) is 1. The molecular formula is C10H12BrNO. The second kappa shape index (κ2) is 3.29. The maximum atomic E-state index is 11.6. The lowest BCUT2D eigenvalue weighted by Crippen LogP contribution is -2.20. The van der Waals surface area contributed by atoms with E-state index < -0.39 is 0 Å². The van der Waals surface area contributed by atoms with E-state index in [0.717, 1.165) is 35.0 Å². The summed E-state index contributed by atoms with van der Waals surface area (Å²) in [5.74, 6) is 0. The summed E-state index contributed by atoms with van der Waals surface area (Å²) >= 11 is 3.53. The van der Waals surface area contributed by atoms with Crippen LogP contribution < -0.4 is 5.56 Å². The summed E-state index contributed by atoms with van der Waals surface area (Å²) < 4.78 is 1.10. The lowest BCUT2D eigenvalue weighted by atomic mass is 9.93. The number of pyridine rings is 1. The highest BCUT2D eigenvalue weighted by Gasteiger charge is 2.16. The molecule has 0 atom stereocenters. The van der Waals surface area contributed by atoms with Gasteiger partial charge in [-0.1, -0.05) is 0 Å². The quantitative estimate of drug-likeness (QED) is 0.744. The Balaban J connectivity index is 2.70. The molecule has 3 heteroatoms. The molecule has 0 unspecified atom stereocenters. The van der Waals surface area contributed by atoms with Crippen LogP contribution in [-0.2, 0) is 12.8 Å². The predicted molar refractivity (Wildman–Crippen MR) is 56.1 cm³/mol. The van der Waals surface area contributed by atoms with Crippen LogP contribution in [0.4, 0.5) is 0 Å². The van der Waals surface area contributed by atoms with Gasteiger partial charge < -0.3 is 4.98 Å². The summed E-state index contributed by atoms with van der Waals surface area (Å²) in [5, 5.41) is 0. The highest BCUT2D eigenvalue weighted by molar-refractivity contribution is 9.10. The van der Waals surface area contributed by atoms with Crippen LogP contribution in [0.3, 0.4) is 0 Å². The molecule has 1 aliphatic rings. The van der Waals surface area contributed by atoms with Gasteiger partial charge in [0, 0.05) is 15.7 Å². The molecule has 70 valence electrons. The summed E-state index contributed by atoms with van der Waals surface area (Å²) in [6.45, 7) is 1.93. The largest absolute Gasteiger partial charge is 0.325 e. The molecule has 0 aromatic carbocycles. The summed E-state index contributed by atoms with van der Waals surface area (Å²) in [6.07, 6.45) is 4.32. The summed E-state index contributed by atoms with van der Waals surface area (Å²) in [7, 11) is 0. The molecule has 1 aliphatic carbocycles. The van der Waals surface area contributed by atoms with Crippen molar-refractivity contribution in [1.29, 1.82) is 0 Å². The zero-order valence-electron chi connectivity index (χ0n) is 7.61. The van der Waals surface area contributed by atoms with Crippen molar-refractivity contribution in [2.45, 2.75) is 32.6 Å². The topological polar surface area (TPSA) is 32.9 Å². The first-order chi connectivity index (χ1) is 6.20. The third-order valence-electron chi connectivity index (χ3n) is 2.64. The molecule has 1 aromatic rings. The summed E-state index contributed by atoms with van der Waals surface area (Å²) in [4.78, 5) is 14.4. The molecule has 0 fully saturated rings. The van der Waals surface area contributed by atoms with Crippen LogP contribution >= 0.6 is 15.9 Å². The lowest BCUT2D eigenvalue weighted by Gasteiger charge is -2.17. The van der Waals surface area contributed by atoms with Crippen LogP contribution in [0.5, 0.6) is 0 Å². The zero-order valence-corrected chi connectivity index (χ0v) is 9.20. The number of rotatable bonds is 0. The Morgan fingerprint density at radius 1 is 1.23 bits per heavy atom. The van der Waals surface area contributed by atoms with Gasteiger partial charge in [0.05, 0.1) is 0 Å². The van der Waals surface area contributed by atoms with Gasteiger partial charge in [-0.15, -0.1) is 0 Å². The molecule has 2 nitrogen and oxygen atoms in total. The molecule has 0 saturated heterocycles. The monoisotopic (exact) mass is 241 g/mol. The number of aromatic nitrogens is 1.